The minimum Gasteiger partial charge on any atom is -0.493 e. The summed E-state index contributed by atoms with van der Waals surface area (Å²) in [6, 6.07) is 6.15. The van der Waals surface area contributed by atoms with E-state index in [0.29, 0.717) is 47.6 Å². The number of piperidine rings is 1. The van der Waals surface area contributed by atoms with Crippen LogP contribution in [0.1, 0.15) is 22.6 Å². The van der Waals surface area contributed by atoms with Crippen molar-refractivity contribution in [3.63, 3.8) is 0 Å². The first-order valence-corrected chi connectivity index (χ1v) is 12.4. The third-order valence-corrected chi connectivity index (χ3v) is 6.44. The van der Waals surface area contributed by atoms with Gasteiger partial charge in [0.05, 0.1) is 25.4 Å². The van der Waals surface area contributed by atoms with Crippen LogP contribution in [0.15, 0.2) is 35.5 Å². The average Bonchev–Trinajstić information content (AvgIpc) is 3.24. The Kier molecular flexibility index (Phi) is 8.62. The Balaban J connectivity index is 1.59. The molecule has 1 amide bonds. The molecule has 1 saturated heterocycles. The predicted molar refractivity (Wildman–Crippen MR) is 136 cm³/mol. The van der Waals surface area contributed by atoms with Gasteiger partial charge in [0.25, 0.3) is 11.7 Å². The summed E-state index contributed by atoms with van der Waals surface area (Å²) < 4.78 is 47.9. The molecule has 0 spiro atoms. The molecule has 4 rings (SSSR count). The summed E-state index contributed by atoms with van der Waals surface area (Å²) in [7, 11) is 2.97. The van der Waals surface area contributed by atoms with Crippen molar-refractivity contribution >= 4 is 34.8 Å². The molecule has 1 aliphatic rings. The van der Waals surface area contributed by atoms with E-state index >= 15 is 0 Å². The molecule has 1 aliphatic heterocycles. The summed E-state index contributed by atoms with van der Waals surface area (Å²) >= 11 is 0.340. The molecule has 13 heteroatoms. The number of hydrogen-bond acceptors (Lipinski definition) is 8. The Hall–Kier alpha value is -3.63. The molecule has 196 valence electrons. The minimum absolute atomic E-state index is 0.0803. The van der Waals surface area contributed by atoms with Crippen LogP contribution in [0.4, 0.5) is 24.7 Å². The zero-order valence-electron chi connectivity index (χ0n) is 20.1. The quantitative estimate of drug-likeness (QED) is 0.259. The highest BCUT2D eigenvalue weighted by Crippen LogP contribution is 2.32. The third-order valence-electron chi connectivity index (χ3n) is 5.64. The van der Waals surface area contributed by atoms with E-state index in [1.165, 1.54) is 24.6 Å². The second-order valence-electron chi connectivity index (χ2n) is 8.00. The van der Waals surface area contributed by atoms with Gasteiger partial charge in [-0.25, -0.2) is 14.4 Å². The fourth-order valence-electron chi connectivity index (χ4n) is 3.87. The Morgan fingerprint density at radius 2 is 2.19 bits per heavy atom. The van der Waals surface area contributed by atoms with Gasteiger partial charge in [0.1, 0.15) is 22.6 Å². The molecule has 1 fully saturated rings. The molecule has 0 aromatic carbocycles. The number of pyridine rings is 2. The largest absolute Gasteiger partial charge is 0.493 e. The Morgan fingerprint density at radius 1 is 1.35 bits per heavy atom. The molecular weight excluding hydrogens is 507 g/mol. The molecule has 0 unspecified atom stereocenters. The smallest absolute Gasteiger partial charge is 0.290 e. The molecule has 0 radical (unpaired) electrons. The lowest BCUT2D eigenvalue weighted by Crippen LogP contribution is -2.45. The minimum atomic E-state index is -2.68. The highest BCUT2D eigenvalue weighted by atomic mass is 32.2. The average molecular weight is 534 g/mol. The van der Waals surface area contributed by atoms with Gasteiger partial charge in [-0.3, -0.25) is 9.20 Å². The Bertz CT molecular complexity index is 1320. The first-order chi connectivity index (χ1) is 17.9. The number of alkyl halides is 3. The zero-order chi connectivity index (χ0) is 26.4. The monoisotopic (exact) mass is 533 g/mol. The number of imidazole rings is 1. The topological polar surface area (TPSA) is 105 Å². The SMILES string of the molecule is CNC(=O)c1ccc(OC)c(NCC#Cc2nc3c(N[C@@H]4CCNC[C@@H]4F)cccn3c2SC(F)F)n1. The van der Waals surface area contributed by atoms with E-state index in [0.717, 1.165) is 0 Å². The van der Waals surface area contributed by atoms with E-state index in [4.69, 9.17) is 4.74 Å². The fraction of sp³-hybridized carbons (Fsp3) is 0.375. The number of carbonyl (C=O) groups is 1. The number of nitrogens with one attached hydrogen (secondary N) is 4. The van der Waals surface area contributed by atoms with Crippen molar-refractivity contribution in [2.75, 3.05) is 44.4 Å². The highest BCUT2D eigenvalue weighted by Gasteiger charge is 2.26. The maximum atomic E-state index is 14.4. The molecule has 3 aromatic heterocycles. The number of amides is 1. The van der Waals surface area contributed by atoms with E-state index in [2.05, 4.69) is 43.1 Å². The Labute approximate surface area is 216 Å². The lowest BCUT2D eigenvalue weighted by atomic mass is 10.0. The normalized spacial score (nSPS) is 17.2. The van der Waals surface area contributed by atoms with Gasteiger partial charge in [0.15, 0.2) is 17.2 Å². The van der Waals surface area contributed by atoms with Crippen molar-refractivity contribution in [3.05, 3.63) is 41.9 Å². The van der Waals surface area contributed by atoms with Crippen LogP contribution in [-0.4, -0.2) is 72.0 Å². The molecule has 2 atom stereocenters. The van der Waals surface area contributed by atoms with E-state index in [1.807, 2.05) is 0 Å². The summed E-state index contributed by atoms with van der Waals surface area (Å²) in [6.07, 6.45) is 1.12. The van der Waals surface area contributed by atoms with Crippen LogP contribution < -0.4 is 26.0 Å². The van der Waals surface area contributed by atoms with Crippen LogP contribution in [-0.2, 0) is 0 Å². The second kappa shape index (κ2) is 12.1. The van der Waals surface area contributed by atoms with Gasteiger partial charge < -0.3 is 26.0 Å². The number of carbonyl (C=O) groups excluding carboxylic acids is 1. The van der Waals surface area contributed by atoms with Crippen LogP contribution in [0.25, 0.3) is 5.65 Å². The van der Waals surface area contributed by atoms with Crippen molar-refractivity contribution in [2.45, 2.75) is 29.4 Å². The number of thioether (sulfide) groups is 1. The molecule has 0 saturated carbocycles. The van der Waals surface area contributed by atoms with Crippen molar-refractivity contribution in [2.24, 2.45) is 0 Å². The number of nitrogens with zero attached hydrogens (tertiary/aromatic N) is 3. The molecule has 0 aliphatic carbocycles. The molecule has 9 nitrogen and oxygen atoms in total. The predicted octanol–water partition coefficient (Wildman–Crippen LogP) is 2.99. The standard InChI is InChI=1S/C24H26F3N7O2S/c1-28-22(35)17-7-8-19(36-2)20(32-17)30-10-3-5-18-23(37-24(26)27)34-12-4-6-16(21(34)33-18)31-15-9-11-29-13-14(15)25/h4,6-8,12,14-15,24,29,31H,9-11,13H2,1-2H3,(H,28,35)(H,30,32)/t14-,15+/m0/s1. The molecule has 0 bridgehead atoms. The summed E-state index contributed by atoms with van der Waals surface area (Å²) in [5, 5.41) is 11.8. The van der Waals surface area contributed by atoms with Crippen LogP contribution in [0.2, 0.25) is 0 Å². The van der Waals surface area contributed by atoms with Gasteiger partial charge in [-0.05, 0) is 54.9 Å². The van der Waals surface area contributed by atoms with Crippen molar-refractivity contribution < 1.29 is 22.7 Å². The van der Waals surface area contributed by atoms with Gasteiger partial charge >= 0.3 is 0 Å². The maximum absolute atomic E-state index is 14.4. The van der Waals surface area contributed by atoms with Gasteiger partial charge in [-0.2, -0.15) is 8.78 Å². The third kappa shape index (κ3) is 6.20. The molecule has 4 heterocycles. The first-order valence-electron chi connectivity index (χ1n) is 11.5. The Morgan fingerprint density at radius 3 is 2.92 bits per heavy atom. The summed E-state index contributed by atoms with van der Waals surface area (Å²) in [6.45, 7) is 1.01. The highest BCUT2D eigenvalue weighted by molar-refractivity contribution is 7.99. The number of halogens is 3. The number of rotatable bonds is 8. The number of aromatic nitrogens is 3. The maximum Gasteiger partial charge on any atom is 0.290 e. The lowest BCUT2D eigenvalue weighted by Gasteiger charge is -2.28. The van der Waals surface area contributed by atoms with Crippen LogP contribution in [0.3, 0.4) is 0 Å². The van der Waals surface area contributed by atoms with Crippen LogP contribution in [0, 0.1) is 11.8 Å². The van der Waals surface area contributed by atoms with E-state index in [9.17, 15) is 18.0 Å². The number of anilines is 2. The number of ether oxygens (including phenoxy) is 1. The van der Waals surface area contributed by atoms with E-state index in [-0.39, 0.29) is 35.4 Å². The van der Waals surface area contributed by atoms with E-state index < -0.39 is 18.0 Å². The van der Waals surface area contributed by atoms with Crippen molar-refractivity contribution in [1.82, 2.24) is 25.0 Å². The van der Waals surface area contributed by atoms with Crippen LogP contribution >= 0.6 is 11.8 Å². The summed E-state index contributed by atoms with van der Waals surface area (Å²) in [4.78, 5) is 20.6. The lowest BCUT2D eigenvalue weighted by molar-refractivity contribution is 0.0958. The van der Waals surface area contributed by atoms with E-state index in [1.54, 1.807) is 24.4 Å². The first kappa shape index (κ1) is 26.4. The summed E-state index contributed by atoms with van der Waals surface area (Å²) in [5.41, 5.74) is 1.29. The van der Waals surface area contributed by atoms with Crippen molar-refractivity contribution in [1.29, 1.82) is 0 Å². The zero-order valence-corrected chi connectivity index (χ0v) is 21.0. The molecular formula is C24H26F3N7O2S. The second-order valence-corrected chi connectivity index (χ2v) is 8.98. The fourth-order valence-corrected chi connectivity index (χ4v) is 4.51. The van der Waals surface area contributed by atoms with Crippen LogP contribution in [0.5, 0.6) is 5.75 Å². The van der Waals surface area contributed by atoms with Gasteiger partial charge in [-0.15, -0.1) is 0 Å². The molecule has 3 aromatic rings. The molecule has 37 heavy (non-hydrogen) atoms. The number of fused-ring (bicyclic) bond motifs is 1. The van der Waals surface area contributed by atoms with Gasteiger partial charge in [0, 0.05) is 19.8 Å². The van der Waals surface area contributed by atoms with Gasteiger partial charge in [0.2, 0.25) is 0 Å². The van der Waals surface area contributed by atoms with Gasteiger partial charge in [-0.1, -0.05) is 5.92 Å². The molecule has 4 N–H and O–H groups in total. The number of hydrogen-bond donors (Lipinski definition) is 4. The van der Waals surface area contributed by atoms with Crippen molar-refractivity contribution in [3.8, 4) is 17.6 Å². The number of methoxy groups -OCH3 is 1. The summed E-state index contributed by atoms with van der Waals surface area (Å²) in [5.74, 6) is 3.39.